The summed E-state index contributed by atoms with van der Waals surface area (Å²) >= 11 is 0. The van der Waals surface area contributed by atoms with Crippen LogP contribution in [0.2, 0.25) is 0 Å². The number of alkyl halides is 3. The van der Waals surface area contributed by atoms with Crippen molar-refractivity contribution in [2.75, 3.05) is 19.4 Å². The molecule has 102 valence electrons. The highest BCUT2D eigenvalue weighted by atomic mass is 32.2. The van der Waals surface area contributed by atoms with Crippen molar-refractivity contribution in [2.24, 2.45) is 11.7 Å². The van der Waals surface area contributed by atoms with Gasteiger partial charge >= 0.3 is 6.18 Å². The summed E-state index contributed by atoms with van der Waals surface area (Å²) in [6, 6.07) is 6.17. The minimum absolute atomic E-state index is 0.303. The Labute approximate surface area is 106 Å². The lowest BCUT2D eigenvalue weighted by Crippen LogP contribution is -2.34. The molecule has 0 saturated carbocycles. The van der Waals surface area contributed by atoms with Gasteiger partial charge in [-0.15, -0.1) is 0 Å². The lowest BCUT2D eigenvalue weighted by atomic mass is 10.2. The first-order valence-corrected chi connectivity index (χ1v) is 6.49. The second kappa shape index (κ2) is 6.19. The third kappa shape index (κ3) is 3.99. The first-order chi connectivity index (χ1) is 8.38. The van der Waals surface area contributed by atoms with E-state index in [2.05, 4.69) is 0 Å². The highest BCUT2D eigenvalue weighted by Gasteiger charge is 2.39. The van der Waals surface area contributed by atoms with Gasteiger partial charge < -0.3 is 10.5 Å². The summed E-state index contributed by atoms with van der Waals surface area (Å²) in [6.07, 6.45) is -4.43. The molecule has 0 fully saturated rings. The van der Waals surface area contributed by atoms with Crippen molar-refractivity contribution in [1.29, 1.82) is 0 Å². The number of hydrogen-bond acceptors (Lipinski definition) is 3. The van der Waals surface area contributed by atoms with Gasteiger partial charge in [0.1, 0.15) is 5.75 Å². The number of nitrogens with two attached hydrogens (primary N) is 1. The number of rotatable bonds is 5. The predicted molar refractivity (Wildman–Crippen MR) is 62.9 cm³/mol. The number of methoxy groups -OCH3 is 1. The number of hydrogen-bond donors (Lipinski definition) is 1. The van der Waals surface area contributed by atoms with Crippen molar-refractivity contribution < 1.29 is 22.1 Å². The van der Waals surface area contributed by atoms with Gasteiger partial charge in [-0.1, -0.05) is 6.07 Å². The van der Waals surface area contributed by atoms with E-state index in [0.717, 1.165) is 0 Å². The van der Waals surface area contributed by atoms with Crippen LogP contribution in [-0.4, -0.2) is 29.8 Å². The number of benzene rings is 1. The van der Waals surface area contributed by atoms with E-state index in [4.69, 9.17) is 10.5 Å². The molecule has 18 heavy (non-hydrogen) atoms. The Morgan fingerprint density at radius 1 is 1.44 bits per heavy atom. The Kier molecular flexibility index (Phi) is 5.15. The van der Waals surface area contributed by atoms with Crippen LogP contribution < -0.4 is 10.5 Å². The predicted octanol–water partition coefficient (Wildman–Crippen LogP) is 1.94. The third-order valence-electron chi connectivity index (χ3n) is 2.40. The maximum absolute atomic E-state index is 12.5. The maximum Gasteiger partial charge on any atom is 0.393 e. The van der Waals surface area contributed by atoms with Crippen LogP contribution in [0.5, 0.6) is 5.75 Å². The van der Waals surface area contributed by atoms with Crippen LogP contribution in [0.3, 0.4) is 0 Å². The van der Waals surface area contributed by atoms with Gasteiger partial charge in [0.2, 0.25) is 0 Å². The smallest absolute Gasteiger partial charge is 0.393 e. The van der Waals surface area contributed by atoms with E-state index in [1.807, 2.05) is 0 Å². The Morgan fingerprint density at radius 2 is 2.11 bits per heavy atom. The van der Waals surface area contributed by atoms with Crippen LogP contribution in [0.25, 0.3) is 0 Å². The van der Waals surface area contributed by atoms with Crippen LogP contribution in [0.4, 0.5) is 13.2 Å². The zero-order valence-electron chi connectivity index (χ0n) is 9.74. The molecule has 3 nitrogen and oxygen atoms in total. The standard InChI is InChI=1S/C11H14F3NO2S/c1-17-9-3-2-4-10(5-9)18(16)7-8(6-15)11(12,13)14/h2-5,8H,6-7,15H2,1H3. The van der Waals surface area contributed by atoms with E-state index < -0.39 is 35.2 Å². The Bertz CT molecular complexity index is 423. The first-order valence-electron chi connectivity index (χ1n) is 5.17. The summed E-state index contributed by atoms with van der Waals surface area (Å²) in [4.78, 5) is 0.303. The Morgan fingerprint density at radius 3 is 2.61 bits per heavy atom. The molecular formula is C11H14F3NO2S. The van der Waals surface area contributed by atoms with Gasteiger partial charge in [0.25, 0.3) is 0 Å². The topological polar surface area (TPSA) is 52.3 Å². The van der Waals surface area contributed by atoms with Crippen LogP contribution in [0.1, 0.15) is 0 Å². The van der Waals surface area contributed by atoms with Crippen molar-refractivity contribution in [3.8, 4) is 5.75 Å². The summed E-state index contributed by atoms with van der Waals surface area (Å²) in [6.45, 7) is -0.570. The fourth-order valence-electron chi connectivity index (χ4n) is 1.32. The first kappa shape index (κ1) is 15.0. The van der Waals surface area contributed by atoms with Crippen LogP contribution in [-0.2, 0) is 10.8 Å². The van der Waals surface area contributed by atoms with Crippen molar-refractivity contribution in [1.82, 2.24) is 0 Å². The molecule has 0 aromatic heterocycles. The summed E-state index contributed by atoms with van der Waals surface area (Å²) in [7, 11) is -0.321. The molecule has 0 radical (unpaired) electrons. The van der Waals surface area contributed by atoms with Gasteiger partial charge in [-0.2, -0.15) is 13.2 Å². The van der Waals surface area contributed by atoms with Gasteiger partial charge in [-0.3, -0.25) is 4.21 Å². The van der Waals surface area contributed by atoms with Gasteiger partial charge in [-0.05, 0) is 18.2 Å². The highest BCUT2D eigenvalue weighted by molar-refractivity contribution is 7.85. The lowest BCUT2D eigenvalue weighted by Gasteiger charge is -2.17. The summed E-state index contributed by atoms with van der Waals surface area (Å²) in [5, 5.41) is 0. The molecule has 0 saturated heterocycles. The molecule has 1 rings (SSSR count). The number of halogens is 3. The molecule has 0 aliphatic carbocycles. The largest absolute Gasteiger partial charge is 0.497 e. The monoisotopic (exact) mass is 281 g/mol. The molecule has 0 aliphatic rings. The third-order valence-corrected chi connectivity index (χ3v) is 3.89. The molecule has 7 heteroatoms. The van der Waals surface area contributed by atoms with Crippen LogP contribution in [0.15, 0.2) is 29.2 Å². The normalized spacial score (nSPS) is 15.2. The summed E-state index contributed by atoms with van der Waals surface area (Å²) < 4.78 is 54.3. The Balaban J connectivity index is 2.81. The maximum atomic E-state index is 12.5. The van der Waals surface area contributed by atoms with E-state index in [0.29, 0.717) is 10.6 Å². The molecule has 0 spiro atoms. The zero-order chi connectivity index (χ0) is 13.8. The molecule has 0 bridgehead atoms. The van der Waals surface area contributed by atoms with Gasteiger partial charge in [0.05, 0.1) is 23.8 Å². The molecule has 2 atom stereocenters. The molecule has 2 N–H and O–H groups in total. The average Bonchev–Trinajstić information content (AvgIpc) is 2.34. The van der Waals surface area contributed by atoms with Crippen molar-refractivity contribution in [3.63, 3.8) is 0 Å². The molecule has 1 aromatic carbocycles. The number of ether oxygens (including phenoxy) is 1. The highest BCUT2D eigenvalue weighted by Crippen LogP contribution is 2.27. The molecule has 0 heterocycles. The SMILES string of the molecule is COc1cccc(S(=O)CC(CN)C(F)(F)F)c1. The van der Waals surface area contributed by atoms with Gasteiger partial charge in [0.15, 0.2) is 0 Å². The van der Waals surface area contributed by atoms with Gasteiger partial charge in [0, 0.05) is 17.2 Å². The van der Waals surface area contributed by atoms with E-state index in [-0.39, 0.29) is 0 Å². The lowest BCUT2D eigenvalue weighted by molar-refractivity contribution is -0.165. The van der Waals surface area contributed by atoms with E-state index >= 15 is 0 Å². The molecular weight excluding hydrogens is 267 g/mol. The summed E-state index contributed by atoms with van der Waals surface area (Å²) in [5.41, 5.74) is 5.06. The van der Waals surface area contributed by atoms with Crippen molar-refractivity contribution >= 4 is 10.8 Å². The minimum atomic E-state index is -4.43. The van der Waals surface area contributed by atoms with E-state index in [1.165, 1.54) is 19.2 Å². The Hall–Kier alpha value is -1.08. The zero-order valence-corrected chi connectivity index (χ0v) is 10.6. The van der Waals surface area contributed by atoms with E-state index in [9.17, 15) is 17.4 Å². The second-order valence-corrected chi connectivity index (χ2v) is 5.16. The molecule has 2 unspecified atom stereocenters. The van der Waals surface area contributed by atoms with E-state index in [1.54, 1.807) is 12.1 Å². The molecule has 1 aromatic rings. The van der Waals surface area contributed by atoms with Gasteiger partial charge in [-0.25, -0.2) is 0 Å². The summed E-state index contributed by atoms with van der Waals surface area (Å²) in [5.74, 6) is -1.84. The van der Waals surface area contributed by atoms with Crippen LogP contribution >= 0.6 is 0 Å². The van der Waals surface area contributed by atoms with Crippen molar-refractivity contribution in [3.05, 3.63) is 24.3 Å². The fourth-order valence-corrected chi connectivity index (χ4v) is 2.68. The fraction of sp³-hybridized carbons (Fsp3) is 0.455. The molecule has 0 aliphatic heterocycles. The minimum Gasteiger partial charge on any atom is -0.497 e. The van der Waals surface area contributed by atoms with Crippen LogP contribution in [0, 0.1) is 5.92 Å². The average molecular weight is 281 g/mol. The second-order valence-electron chi connectivity index (χ2n) is 3.67. The molecule has 0 amide bonds. The van der Waals surface area contributed by atoms with Crippen molar-refractivity contribution in [2.45, 2.75) is 11.1 Å². The quantitative estimate of drug-likeness (QED) is 0.897.